The van der Waals surface area contributed by atoms with Crippen LogP contribution in [0.4, 0.5) is 0 Å². The van der Waals surface area contributed by atoms with E-state index in [0.717, 1.165) is 5.56 Å². The van der Waals surface area contributed by atoms with Gasteiger partial charge in [0.05, 0.1) is 18.1 Å². The highest BCUT2D eigenvalue weighted by Gasteiger charge is 2.37. The molecule has 0 radical (unpaired) electrons. The number of rotatable bonds is 3. The monoisotopic (exact) mass is 310 g/mol. The molecule has 1 unspecified atom stereocenters. The summed E-state index contributed by atoms with van der Waals surface area (Å²) in [4.78, 5) is 12.2. The summed E-state index contributed by atoms with van der Waals surface area (Å²) >= 11 is 0. The predicted molar refractivity (Wildman–Crippen MR) is 80.3 cm³/mol. The molecule has 116 valence electrons. The molecule has 2 heterocycles. The molecule has 2 aromatic rings. The number of hydrogen-bond acceptors (Lipinski definition) is 6. The van der Waals surface area contributed by atoms with E-state index in [4.69, 9.17) is 15.2 Å². The molecule has 1 aromatic carbocycles. The van der Waals surface area contributed by atoms with Crippen LogP contribution in [0.5, 0.6) is 5.88 Å². The van der Waals surface area contributed by atoms with E-state index in [9.17, 15) is 10.1 Å². The average Bonchev–Trinajstić information content (AvgIpc) is 2.98. The Kier molecular flexibility index (Phi) is 3.73. The Labute approximate surface area is 132 Å². The molecule has 0 aliphatic carbocycles. The number of carbonyl (C=O) groups excluding carboxylic acids is 1. The number of nitrogens with two attached hydrogens (primary N) is 1. The highest BCUT2D eigenvalue weighted by molar-refractivity contribution is 5.90. The van der Waals surface area contributed by atoms with Crippen molar-refractivity contribution in [1.82, 2.24) is 10.2 Å². The molecule has 7 nitrogen and oxygen atoms in total. The van der Waals surface area contributed by atoms with E-state index in [1.165, 1.54) is 0 Å². The lowest BCUT2D eigenvalue weighted by atomic mass is 9.84. The zero-order valence-corrected chi connectivity index (χ0v) is 12.4. The van der Waals surface area contributed by atoms with Crippen molar-refractivity contribution in [2.24, 2.45) is 5.73 Å². The van der Waals surface area contributed by atoms with Gasteiger partial charge >= 0.3 is 5.97 Å². The lowest BCUT2D eigenvalue weighted by molar-refractivity contribution is 0.0518. The summed E-state index contributed by atoms with van der Waals surface area (Å²) in [7, 11) is 0. The Hall–Kier alpha value is -3.27. The Bertz CT molecular complexity index is 818. The van der Waals surface area contributed by atoms with E-state index in [1.807, 2.05) is 30.3 Å². The van der Waals surface area contributed by atoms with Crippen molar-refractivity contribution in [3.05, 3.63) is 58.6 Å². The molecule has 3 N–H and O–H groups in total. The van der Waals surface area contributed by atoms with Crippen LogP contribution in [0, 0.1) is 11.3 Å². The van der Waals surface area contributed by atoms with Crippen LogP contribution in [0.1, 0.15) is 34.5 Å². The normalized spacial score (nSPS) is 16.3. The molecule has 1 aliphatic rings. The first-order valence-electron chi connectivity index (χ1n) is 7.05. The highest BCUT2D eigenvalue weighted by atomic mass is 16.5. The van der Waals surface area contributed by atoms with Gasteiger partial charge in [0.2, 0.25) is 11.8 Å². The van der Waals surface area contributed by atoms with Gasteiger partial charge in [0.25, 0.3) is 0 Å². The number of carbonyl (C=O) groups is 1. The van der Waals surface area contributed by atoms with Crippen LogP contribution in [0.15, 0.2) is 41.8 Å². The number of nitriles is 1. The first-order chi connectivity index (χ1) is 11.2. The molecule has 0 saturated carbocycles. The number of nitrogens with zero attached hydrogens (tertiary/aromatic N) is 2. The van der Waals surface area contributed by atoms with E-state index in [0.29, 0.717) is 5.56 Å². The third-order valence-corrected chi connectivity index (χ3v) is 3.55. The number of aromatic amines is 1. The highest BCUT2D eigenvalue weighted by Crippen LogP contribution is 2.42. The van der Waals surface area contributed by atoms with Crippen molar-refractivity contribution in [1.29, 1.82) is 5.26 Å². The van der Waals surface area contributed by atoms with Crippen molar-refractivity contribution >= 4 is 5.97 Å². The van der Waals surface area contributed by atoms with E-state index >= 15 is 0 Å². The first kappa shape index (κ1) is 14.7. The summed E-state index contributed by atoms with van der Waals surface area (Å²) in [5.74, 6) is -0.930. The van der Waals surface area contributed by atoms with Gasteiger partial charge in [0, 0.05) is 0 Å². The van der Waals surface area contributed by atoms with Crippen molar-refractivity contribution in [3.63, 3.8) is 0 Å². The van der Waals surface area contributed by atoms with Gasteiger partial charge in [-0.25, -0.2) is 4.79 Å². The molecule has 0 fully saturated rings. The summed E-state index contributed by atoms with van der Waals surface area (Å²) in [5.41, 5.74) is 7.50. The van der Waals surface area contributed by atoms with Gasteiger partial charge in [-0.15, -0.1) is 5.10 Å². The Morgan fingerprint density at radius 3 is 2.87 bits per heavy atom. The third-order valence-electron chi connectivity index (χ3n) is 3.55. The fourth-order valence-electron chi connectivity index (χ4n) is 2.58. The summed E-state index contributed by atoms with van der Waals surface area (Å²) in [5, 5.41) is 16.1. The SMILES string of the molecule is CCOC(=O)c1[nH]nc2c1C(c1ccccc1)C(C#N)=C(N)O2. The van der Waals surface area contributed by atoms with Crippen molar-refractivity contribution in [3.8, 4) is 11.9 Å². The predicted octanol–water partition coefficient (Wildman–Crippen LogP) is 1.80. The van der Waals surface area contributed by atoms with E-state index in [2.05, 4.69) is 16.3 Å². The topological polar surface area (TPSA) is 114 Å². The Morgan fingerprint density at radius 2 is 2.22 bits per heavy atom. The standard InChI is InChI=1S/C16H14N4O3/c1-2-22-16(21)13-12-11(9-6-4-3-5-7-9)10(8-17)14(18)23-15(12)20-19-13/h3-7,11H,2,18H2,1H3,(H,19,20). The minimum atomic E-state index is -0.552. The second-order valence-corrected chi connectivity index (χ2v) is 4.87. The van der Waals surface area contributed by atoms with Crippen LogP contribution in [0.25, 0.3) is 0 Å². The molecule has 7 heteroatoms. The zero-order valence-electron chi connectivity index (χ0n) is 12.4. The molecular formula is C16H14N4O3. The largest absolute Gasteiger partial charge is 0.461 e. The minimum Gasteiger partial charge on any atom is -0.461 e. The van der Waals surface area contributed by atoms with E-state index in [1.54, 1.807) is 6.92 Å². The summed E-state index contributed by atoms with van der Waals surface area (Å²) < 4.78 is 10.4. The number of allylic oxidation sites excluding steroid dienone is 1. The molecule has 1 aromatic heterocycles. The van der Waals surface area contributed by atoms with Crippen LogP contribution in [0.3, 0.4) is 0 Å². The van der Waals surface area contributed by atoms with Gasteiger partial charge in [-0.1, -0.05) is 30.3 Å². The molecule has 0 bridgehead atoms. The number of fused-ring (bicyclic) bond motifs is 1. The third kappa shape index (κ3) is 2.40. The number of H-pyrrole nitrogens is 1. The molecule has 23 heavy (non-hydrogen) atoms. The molecule has 0 saturated heterocycles. The average molecular weight is 310 g/mol. The Balaban J connectivity index is 2.19. The van der Waals surface area contributed by atoms with Crippen molar-refractivity contribution in [2.75, 3.05) is 6.61 Å². The maximum Gasteiger partial charge on any atom is 0.356 e. The number of aromatic nitrogens is 2. The van der Waals surface area contributed by atoms with Crippen molar-refractivity contribution < 1.29 is 14.3 Å². The quantitative estimate of drug-likeness (QED) is 0.836. The number of nitrogens with one attached hydrogen (secondary N) is 1. The molecule has 1 atom stereocenters. The van der Waals surface area contributed by atoms with Gasteiger partial charge in [-0.2, -0.15) is 5.26 Å². The lowest BCUT2D eigenvalue weighted by Crippen LogP contribution is -2.22. The van der Waals surface area contributed by atoms with E-state index < -0.39 is 11.9 Å². The molecule has 1 aliphatic heterocycles. The fraction of sp³-hybridized carbons (Fsp3) is 0.188. The molecule has 0 spiro atoms. The summed E-state index contributed by atoms with van der Waals surface area (Å²) in [6, 6.07) is 11.3. The van der Waals surface area contributed by atoms with Gasteiger partial charge in [0.1, 0.15) is 11.6 Å². The van der Waals surface area contributed by atoms with Crippen molar-refractivity contribution in [2.45, 2.75) is 12.8 Å². The zero-order chi connectivity index (χ0) is 16.4. The molecular weight excluding hydrogens is 296 g/mol. The van der Waals surface area contributed by atoms with Gasteiger partial charge in [0.15, 0.2) is 5.69 Å². The first-order valence-corrected chi connectivity index (χ1v) is 7.05. The summed E-state index contributed by atoms with van der Waals surface area (Å²) in [6.45, 7) is 1.94. The van der Waals surface area contributed by atoms with Crippen LogP contribution < -0.4 is 10.5 Å². The molecule has 0 amide bonds. The second-order valence-electron chi connectivity index (χ2n) is 4.87. The van der Waals surface area contributed by atoms with Gasteiger partial charge in [-0.3, -0.25) is 5.10 Å². The molecule has 3 rings (SSSR count). The number of ether oxygens (including phenoxy) is 2. The fourth-order valence-corrected chi connectivity index (χ4v) is 2.58. The van der Waals surface area contributed by atoms with Crippen LogP contribution >= 0.6 is 0 Å². The van der Waals surface area contributed by atoms with E-state index in [-0.39, 0.29) is 29.6 Å². The number of benzene rings is 1. The smallest absolute Gasteiger partial charge is 0.356 e. The summed E-state index contributed by atoms with van der Waals surface area (Å²) in [6.07, 6.45) is 0. The van der Waals surface area contributed by atoms with Gasteiger partial charge < -0.3 is 15.2 Å². The lowest BCUT2D eigenvalue weighted by Gasteiger charge is -2.23. The second kappa shape index (κ2) is 5.85. The van der Waals surface area contributed by atoms with Crippen LogP contribution in [0.2, 0.25) is 0 Å². The van der Waals surface area contributed by atoms with Crippen LogP contribution in [-0.2, 0) is 4.74 Å². The maximum absolute atomic E-state index is 12.2. The van der Waals surface area contributed by atoms with Gasteiger partial charge in [-0.05, 0) is 12.5 Å². The Morgan fingerprint density at radius 1 is 1.48 bits per heavy atom. The minimum absolute atomic E-state index is 0.0178. The number of esters is 1. The number of hydrogen-bond donors (Lipinski definition) is 2. The van der Waals surface area contributed by atoms with Crippen LogP contribution in [-0.4, -0.2) is 22.8 Å². The maximum atomic E-state index is 12.2.